The molecule has 2 heterocycles. The predicted octanol–water partition coefficient (Wildman–Crippen LogP) is 2.53. The minimum absolute atomic E-state index is 0.127. The van der Waals surface area contributed by atoms with E-state index >= 15 is 0 Å². The van der Waals surface area contributed by atoms with E-state index in [0.717, 1.165) is 0 Å². The average molecular weight is 270 g/mol. The summed E-state index contributed by atoms with van der Waals surface area (Å²) >= 11 is 0. The number of nitrogens with one attached hydrogen (secondary N) is 1. The molecule has 0 unspecified atom stereocenters. The van der Waals surface area contributed by atoms with Crippen molar-refractivity contribution in [3.05, 3.63) is 54.2 Å². The first kappa shape index (κ1) is 12.0. The second kappa shape index (κ2) is 4.58. The minimum atomic E-state index is -0.579. The molecular weight excluding hydrogens is 260 g/mol. The van der Waals surface area contributed by atoms with Crippen LogP contribution in [0.25, 0.3) is 11.0 Å². The van der Waals surface area contributed by atoms with Gasteiger partial charge in [0.25, 0.3) is 0 Å². The molecule has 0 aliphatic heterocycles. The number of amidine groups is 1. The number of ether oxygens (including phenoxy) is 1. The number of rotatable bonds is 3. The summed E-state index contributed by atoms with van der Waals surface area (Å²) in [6, 6.07) is 9.61. The first-order chi connectivity index (χ1) is 9.63. The molecule has 0 atom stereocenters. The molecule has 0 saturated heterocycles. The molecule has 6 nitrogen and oxygen atoms in total. The van der Waals surface area contributed by atoms with Crippen LogP contribution < -0.4 is 10.5 Å². The third-order valence-electron chi connectivity index (χ3n) is 2.69. The predicted molar refractivity (Wildman–Crippen MR) is 70.9 cm³/mol. The SMILES string of the molecule is N=C(N)c1cc2cc(OC(=O)c3ccco3)ccc2o1. The van der Waals surface area contributed by atoms with E-state index in [-0.39, 0.29) is 17.4 Å². The van der Waals surface area contributed by atoms with E-state index in [1.807, 2.05) is 0 Å². The molecule has 20 heavy (non-hydrogen) atoms. The normalized spacial score (nSPS) is 10.6. The van der Waals surface area contributed by atoms with Crippen molar-refractivity contribution in [2.75, 3.05) is 0 Å². The van der Waals surface area contributed by atoms with Crippen molar-refractivity contribution in [2.45, 2.75) is 0 Å². The molecule has 0 aliphatic carbocycles. The molecule has 0 radical (unpaired) electrons. The molecule has 0 spiro atoms. The Morgan fingerprint density at radius 3 is 2.75 bits per heavy atom. The topological polar surface area (TPSA) is 102 Å². The summed E-state index contributed by atoms with van der Waals surface area (Å²) in [5.41, 5.74) is 5.92. The fraction of sp³-hybridized carbons (Fsp3) is 0. The summed E-state index contributed by atoms with van der Waals surface area (Å²) in [7, 11) is 0. The molecule has 6 heteroatoms. The molecule has 0 saturated carbocycles. The summed E-state index contributed by atoms with van der Waals surface area (Å²) in [6.07, 6.45) is 1.40. The van der Waals surface area contributed by atoms with Crippen LogP contribution >= 0.6 is 0 Å². The number of nitrogen functional groups attached to an aromatic ring is 1. The van der Waals surface area contributed by atoms with E-state index in [1.54, 1.807) is 30.3 Å². The zero-order valence-corrected chi connectivity index (χ0v) is 10.3. The molecule has 100 valence electrons. The van der Waals surface area contributed by atoms with Crippen LogP contribution in [0, 0.1) is 5.41 Å². The summed E-state index contributed by atoms with van der Waals surface area (Å²) in [4.78, 5) is 11.7. The average Bonchev–Trinajstić information content (AvgIpc) is 3.07. The molecule has 3 rings (SSSR count). The molecular formula is C14H10N2O4. The number of carbonyl (C=O) groups is 1. The van der Waals surface area contributed by atoms with E-state index in [4.69, 9.17) is 24.7 Å². The number of carbonyl (C=O) groups excluding carboxylic acids is 1. The van der Waals surface area contributed by atoms with E-state index in [9.17, 15) is 4.79 Å². The largest absolute Gasteiger partial charge is 0.457 e. The third-order valence-corrected chi connectivity index (χ3v) is 2.69. The van der Waals surface area contributed by atoms with Gasteiger partial charge in [0.05, 0.1) is 6.26 Å². The van der Waals surface area contributed by atoms with Crippen molar-refractivity contribution in [1.29, 1.82) is 5.41 Å². The van der Waals surface area contributed by atoms with Crippen LogP contribution in [0.5, 0.6) is 5.75 Å². The maximum absolute atomic E-state index is 11.7. The van der Waals surface area contributed by atoms with Gasteiger partial charge < -0.3 is 19.3 Å². The zero-order valence-electron chi connectivity index (χ0n) is 10.3. The maximum atomic E-state index is 11.7. The number of hydrogen-bond donors (Lipinski definition) is 2. The number of benzene rings is 1. The maximum Gasteiger partial charge on any atom is 0.379 e. The molecule has 0 fully saturated rings. The van der Waals surface area contributed by atoms with Crippen molar-refractivity contribution < 1.29 is 18.4 Å². The highest BCUT2D eigenvalue weighted by molar-refractivity contribution is 5.97. The number of furan rings is 2. The second-order valence-electron chi connectivity index (χ2n) is 4.09. The van der Waals surface area contributed by atoms with E-state index in [0.29, 0.717) is 16.7 Å². The highest BCUT2D eigenvalue weighted by Crippen LogP contribution is 2.24. The molecule has 0 aliphatic rings. The number of esters is 1. The van der Waals surface area contributed by atoms with Crippen molar-refractivity contribution in [3.63, 3.8) is 0 Å². The smallest absolute Gasteiger partial charge is 0.379 e. The van der Waals surface area contributed by atoms with E-state index < -0.39 is 5.97 Å². The van der Waals surface area contributed by atoms with Crippen LogP contribution in [0.15, 0.2) is 51.5 Å². The standard InChI is InChI=1S/C14H10N2O4/c15-13(16)12-7-8-6-9(3-4-10(8)20-12)19-14(17)11-2-1-5-18-11/h1-7H,(H3,15,16). The van der Waals surface area contributed by atoms with Crippen molar-refractivity contribution >= 4 is 22.8 Å². The number of nitrogens with two attached hydrogens (primary N) is 1. The van der Waals surface area contributed by atoms with Crippen LogP contribution in [0.2, 0.25) is 0 Å². The Labute approximate surface area is 113 Å². The summed E-state index contributed by atoms with van der Waals surface area (Å²) < 4.78 is 15.5. The Balaban J connectivity index is 1.89. The highest BCUT2D eigenvalue weighted by Gasteiger charge is 2.13. The summed E-state index contributed by atoms with van der Waals surface area (Å²) in [5.74, 6) is 0.0194. The first-order valence-electron chi connectivity index (χ1n) is 5.77. The molecule has 1 aromatic carbocycles. The summed E-state index contributed by atoms with van der Waals surface area (Å²) in [6.45, 7) is 0. The molecule has 0 amide bonds. The van der Waals surface area contributed by atoms with Gasteiger partial charge in [-0.15, -0.1) is 0 Å². The Bertz CT molecular complexity index is 787. The van der Waals surface area contributed by atoms with Gasteiger partial charge in [0.2, 0.25) is 5.76 Å². The van der Waals surface area contributed by atoms with Gasteiger partial charge >= 0.3 is 5.97 Å². The van der Waals surface area contributed by atoms with Gasteiger partial charge in [0.15, 0.2) is 11.6 Å². The van der Waals surface area contributed by atoms with E-state index in [2.05, 4.69) is 0 Å². The molecule has 2 aromatic heterocycles. The molecule has 0 bridgehead atoms. The lowest BCUT2D eigenvalue weighted by molar-refractivity contribution is 0.0701. The van der Waals surface area contributed by atoms with Gasteiger partial charge in [-0.3, -0.25) is 5.41 Å². The van der Waals surface area contributed by atoms with Crippen LogP contribution in [0.4, 0.5) is 0 Å². The first-order valence-corrected chi connectivity index (χ1v) is 5.77. The van der Waals surface area contributed by atoms with E-state index in [1.165, 1.54) is 12.3 Å². The lowest BCUT2D eigenvalue weighted by Gasteiger charge is -2.01. The van der Waals surface area contributed by atoms with Crippen molar-refractivity contribution in [3.8, 4) is 5.75 Å². The van der Waals surface area contributed by atoms with Crippen LogP contribution in [-0.4, -0.2) is 11.8 Å². The fourth-order valence-corrected chi connectivity index (χ4v) is 1.77. The van der Waals surface area contributed by atoms with Gasteiger partial charge in [-0.25, -0.2) is 4.79 Å². The zero-order chi connectivity index (χ0) is 14.1. The van der Waals surface area contributed by atoms with Crippen LogP contribution in [0.3, 0.4) is 0 Å². The monoisotopic (exact) mass is 270 g/mol. The van der Waals surface area contributed by atoms with Gasteiger partial charge in [0, 0.05) is 5.39 Å². The second-order valence-corrected chi connectivity index (χ2v) is 4.09. The number of hydrogen-bond acceptors (Lipinski definition) is 5. The quantitative estimate of drug-likeness (QED) is 0.329. The van der Waals surface area contributed by atoms with Crippen molar-refractivity contribution in [1.82, 2.24) is 0 Å². The van der Waals surface area contributed by atoms with Crippen molar-refractivity contribution in [2.24, 2.45) is 5.73 Å². The highest BCUT2D eigenvalue weighted by atomic mass is 16.5. The molecule has 3 N–H and O–H groups in total. The Hall–Kier alpha value is -3.02. The molecule has 3 aromatic rings. The summed E-state index contributed by atoms with van der Waals surface area (Å²) in [5, 5.41) is 8.01. The number of fused-ring (bicyclic) bond motifs is 1. The van der Waals surface area contributed by atoms with Crippen LogP contribution in [-0.2, 0) is 0 Å². The van der Waals surface area contributed by atoms with Gasteiger partial charge in [-0.2, -0.15) is 0 Å². The minimum Gasteiger partial charge on any atom is -0.457 e. The Kier molecular flexibility index (Phi) is 2.76. The Morgan fingerprint density at radius 1 is 1.20 bits per heavy atom. The lowest BCUT2D eigenvalue weighted by atomic mass is 10.2. The Morgan fingerprint density at radius 2 is 2.05 bits per heavy atom. The van der Waals surface area contributed by atoms with Gasteiger partial charge in [-0.1, -0.05) is 0 Å². The lowest BCUT2D eigenvalue weighted by Crippen LogP contribution is -2.09. The fourth-order valence-electron chi connectivity index (χ4n) is 1.77. The van der Waals surface area contributed by atoms with Gasteiger partial charge in [0.1, 0.15) is 11.3 Å². The van der Waals surface area contributed by atoms with Crippen LogP contribution in [0.1, 0.15) is 16.3 Å². The van der Waals surface area contributed by atoms with Gasteiger partial charge in [-0.05, 0) is 36.4 Å². The third kappa shape index (κ3) is 2.14.